The van der Waals surface area contributed by atoms with E-state index in [0.717, 1.165) is 35.4 Å². The van der Waals surface area contributed by atoms with Gasteiger partial charge in [0.25, 0.3) is 0 Å². The second-order valence-electron chi connectivity index (χ2n) is 10.5. The summed E-state index contributed by atoms with van der Waals surface area (Å²) in [7, 11) is -4.16. The smallest absolute Gasteiger partial charge is 0.363 e. The highest BCUT2D eigenvalue weighted by Crippen LogP contribution is 2.32. The van der Waals surface area contributed by atoms with Crippen LogP contribution in [0.25, 0.3) is 0 Å². The predicted molar refractivity (Wildman–Crippen MR) is 154 cm³/mol. The summed E-state index contributed by atoms with van der Waals surface area (Å²) in [6, 6.07) is 23.0. The van der Waals surface area contributed by atoms with Gasteiger partial charge in [0.1, 0.15) is 0 Å². The van der Waals surface area contributed by atoms with Crippen LogP contribution < -0.4 is 9.62 Å². The first-order valence-corrected chi connectivity index (χ1v) is 14.9. The summed E-state index contributed by atoms with van der Waals surface area (Å²) in [6.45, 7) is 4.07. The molecule has 0 fully saturated rings. The fourth-order valence-electron chi connectivity index (χ4n) is 4.50. The van der Waals surface area contributed by atoms with Crippen LogP contribution in [0.3, 0.4) is 0 Å². The lowest BCUT2D eigenvalue weighted by molar-refractivity contribution is -0.138. The van der Waals surface area contributed by atoms with Gasteiger partial charge in [-0.1, -0.05) is 74.5 Å². The zero-order valence-electron chi connectivity index (χ0n) is 23.4. The van der Waals surface area contributed by atoms with E-state index in [-0.39, 0.29) is 30.1 Å². The fraction of sp³-hybridized carbons (Fsp3) is 0.250. The number of sulfonamides is 1. The molecule has 1 N–H and O–H groups in total. The lowest BCUT2D eigenvalue weighted by Gasteiger charge is -2.26. The van der Waals surface area contributed by atoms with E-state index in [4.69, 9.17) is 0 Å². The van der Waals surface area contributed by atoms with E-state index in [1.54, 1.807) is 17.0 Å². The number of hydrogen-bond acceptors (Lipinski definition) is 3. The summed E-state index contributed by atoms with van der Waals surface area (Å²) in [5.41, 5.74) is 1.25. The highest BCUT2D eigenvalue weighted by molar-refractivity contribution is 7.89. The van der Waals surface area contributed by atoms with Gasteiger partial charge in [0, 0.05) is 25.3 Å². The molecule has 4 aromatic carbocycles. The minimum Gasteiger partial charge on any atom is -0.363 e. The van der Waals surface area contributed by atoms with Crippen molar-refractivity contribution in [2.75, 3.05) is 4.90 Å². The van der Waals surface area contributed by atoms with Crippen molar-refractivity contribution in [2.24, 2.45) is 0 Å². The number of hydrogen-bond donors (Lipinski definition) is 1. The van der Waals surface area contributed by atoms with Gasteiger partial charge in [-0.2, -0.15) is 26.3 Å². The van der Waals surface area contributed by atoms with E-state index in [1.807, 2.05) is 24.3 Å². The molecule has 4 rings (SSSR count). The molecule has 43 heavy (non-hydrogen) atoms. The fourth-order valence-corrected chi connectivity index (χ4v) is 5.56. The monoisotopic (exact) mass is 620 g/mol. The summed E-state index contributed by atoms with van der Waals surface area (Å²) in [5.74, 6) is 0.306. The predicted octanol–water partition coefficient (Wildman–Crippen LogP) is 8.53. The van der Waals surface area contributed by atoms with E-state index in [2.05, 4.69) is 18.6 Å². The molecule has 0 saturated heterocycles. The average Bonchev–Trinajstić information content (AvgIpc) is 2.95. The molecule has 0 unspecified atom stereocenters. The zero-order chi connectivity index (χ0) is 31.4. The van der Waals surface area contributed by atoms with Gasteiger partial charge in [-0.05, 0) is 64.6 Å². The standard InChI is InChI=1S/C32H30F6N2O2S/c1-22(2)26-14-12-23(13-15-26)20-40(21-25-7-4-9-28(17-25)32(36,37)38)29-10-5-11-30(18-29)43(41,42)39-19-24-6-3-8-27(16-24)31(33,34)35/h3-18,22,39H,19-21H2,1-2H3. The first kappa shape index (κ1) is 32.1. The highest BCUT2D eigenvalue weighted by Gasteiger charge is 2.31. The Hall–Kier alpha value is -3.83. The first-order chi connectivity index (χ1) is 20.1. The van der Waals surface area contributed by atoms with Crippen molar-refractivity contribution in [3.63, 3.8) is 0 Å². The zero-order valence-corrected chi connectivity index (χ0v) is 24.2. The van der Waals surface area contributed by atoms with Crippen molar-refractivity contribution in [2.45, 2.75) is 56.6 Å². The molecule has 0 aliphatic heterocycles. The number of halogens is 6. The molecule has 4 aromatic rings. The van der Waals surface area contributed by atoms with Gasteiger partial charge < -0.3 is 4.90 Å². The molecule has 0 aliphatic rings. The van der Waals surface area contributed by atoms with Gasteiger partial charge in [-0.25, -0.2) is 13.1 Å². The molecule has 4 nitrogen and oxygen atoms in total. The minimum atomic E-state index is -4.57. The molecule has 0 heterocycles. The molecule has 0 bridgehead atoms. The summed E-state index contributed by atoms with van der Waals surface area (Å²) < 4.78 is 108. The summed E-state index contributed by atoms with van der Waals surface area (Å²) in [4.78, 5) is 1.63. The lowest BCUT2D eigenvalue weighted by atomic mass is 10.0. The van der Waals surface area contributed by atoms with Crippen LogP contribution in [0.5, 0.6) is 0 Å². The maximum absolute atomic E-state index is 13.4. The second kappa shape index (κ2) is 12.8. The van der Waals surface area contributed by atoms with Gasteiger partial charge in [0.05, 0.1) is 16.0 Å². The van der Waals surface area contributed by atoms with E-state index < -0.39 is 33.5 Å². The highest BCUT2D eigenvalue weighted by atomic mass is 32.2. The molecular weight excluding hydrogens is 590 g/mol. The van der Waals surface area contributed by atoms with Crippen LogP contribution in [0.2, 0.25) is 0 Å². The molecule has 0 aliphatic carbocycles. The third-order valence-corrected chi connectivity index (χ3v) is 8.26. The summed E-state index contributed by atoms with van der Waals surface area (Å²) in [6.07, 6.45) is -9.09. The third kappa shape index (κ3) is 8.61. The Bertz CT molecular complexity index is 1650. The number of benzene rings is 4. The Morgan fingerprint density at radius 1 is 0.674 bits per heavy atom. The van der Waals surface area contributed by atoms with Crippen molar-refractivity contribution in [3.05, 3.63) is 130 Å². The van der Waals surface area contributed by atoms with Crippen LogP contribution in [0.15, 0.2) is 102 Å². The quantitative estimate of drug-likeness (QED) is 0.181. The Labute approximate surface area is 247 Å². The van der Waals surface area contributed by atoms with Crippen molar-refractivity contribution in [1.82, 2.24) is 4.72 Å². The number of nitrogens with one attached hydrogen (secondary N) is 1. The largest absolute Gasteiger partial charge is 0.416 e. The van der Waals surface area contributed by atoms with E-state index in [9.17, 15) is 34.8 Å². The van der Waals surface area contributed by atoms with Crippen molar-refractivity contribution >= 4 is 15.7 Å². The lowest BCUT2D eigenvalue weighted by Crippen LogP contribution is -2.25. The normalized spacial score (nSPS) is 12.5. The first-order valence-electron chi connectivity index (χ1n) is 13.4. The molecule has 0 saturated carbocycles. The molecular formula is C32H30F6N2O2S. The number of alkyl halides is 6. The van der Waals surface area contributed by atoms with E-state index in [0.29, 0.717) is 17.2 Å². The Balaban J connectivity index is 1.63. The Morgan fingerprint density at radius 3 is 1.79 bits per heavy atom. The summed E-state index contributed by atoms with van der Waals surface area (Å²) >= 11 is 0. The molecule has 11 heteroatoms. The van der Waals surface area contributed by atoms with Crippen LogP contribution in [0.1, 0.15) is 53.1 Å². The third-order valence-electron chi connectivity index (χ3n) is 6.86. The van der Waals surface area contributed by atoms with Crippen LogP contribution in [0, 0.1) is 0 Å². The van der Waals surface area contributed by atoms with Crippen LogP contribution >= 0.6 is 0 Å². The van der Waals surface area contributed by atoms with Crippen LogP contribution in [-0.4, -0.2) is 8.42 Å². The SMILES string of the molecule is CC(C)c1ccc(CN(Cc2cccc(C(F)(F)F)c2)c2cccc(S(=O)(=O)NCc3cccc(C(F)(F)F)c3)c2)cc1. The molecule has 0 atom stereocenters. The minimum absolute atomic E-state index is 0.0526. The van der Waals surface area contributed by atoms with Gasteiger partial charge >= 0.3 is 12.4 Å². The van der Waals surface area contributed by atoms with Crippen LogP contribution in [-0.2, 0) is 42.0 Å². The maximum Gasteiger partial charge on any atom is 0.416 e. The maximum atomic E-state index is 13.4. The number of rotatable bonds is 10. The molecule has 228 valence electrons. The Morgan fingerprint density at radius 2 is 1.21 bits per heavy atom. The van der Waals surface area contributed by atoms with Gasteiger partial charge in [0.2, 0.25) is 10.0 Å². The summed E-state index contributed by atoms with van der Waals surface area (Å²) in [5, 5.41) is 0. The van der Waals surface area contributed by atoms with Crippen molar-refractivity contribution in [3.8, 4) is 0 Å². The molecule has 0 amide bonds. The van der Waals surface area contributed by atoms with Crippen LogP contribution in [0.4, 0.5) is 32.0 Å². The van der Waals surface area contributed by atoms with Gasteiger partial charge in [-0.15, -0.1) is 0 Å². The Kier molecular flexibility index (Phi) is 9.56. The molecule has 0 radical (unpaired) electrons. The number of anilines is 1. The number of nitrogens with zero attached hydrogens (tertiary/aromatic N) is 1. The van der Waals surface area contributed by atoms with Gasteiger partial charge in [0.15, 0.2) is 0 Å². The van der Waals surface area contributed by atoms with E-state index >= 15 is 0 Å². The van der Waals surface area contributed by atoms with Gasteiger partial charge in [-0.3, -0.25) is 0 Å². The van der Waals surface area contributed by atoms with Crippen molar-refractivity contribution in [1.29, 1.82) is 0 Å². The van der Waals surface area contributed by atoms with E-state index in [1.165, 1.54) is 36.4 Å². The van der Waals surface area contributed by atoms with Crippen molar-refractivity contribution < 1.29 is 34.8 Å². The average molecular weight is 621 g/mol. The molecule has 0 aromatic heterocycles. The molecule has 0 spiro atoms. The topological polar surface area (TPSA) is 49.4 Å². The second-order valence-corrected chi connectivity index (χ2v) is 12.2.